The maximum absolute atomic E-state index is 5.59. The molecule has 0 aliphatic carbocycles. The summed E-state index contributed by atoms with van der Waals surface area (Å²) in [6.45, 7) is 3.39. The smallest absolute Gasteiger partial charge is 0.227 e. The average Bonchev–Trinajstić information content (AvgIpc) is 3.56. The molecule has 9 nitrogen and oxygen atoms in total. The summed E-state index contributed by atoms with van der Waals surface area (Å²) >= 11 is 0. The van der Waals surface area contributed by atoms with Crippen molar-refractivity contribution in [1.82, 2.24) is 29.3 Å². The molecule has 6 heterocycles. The fraction of sp³-hybridized carbons (Fsp3) is 0.269. The Morgan fingerprint density at radius 1 is 0.943 bits per heavy atom. The molecule has 0 radical (unpaired) electrons. The van der Waals surface area contributed by atoms with E-state index in [2.05, 4.69) is 36.7 Å². The first-order valence-corrected chi connectivity index (χ1v) is 12.0. The van der Waals surface area contributed by atoms with Crippen LogP contribution in [0, 0.1) is 0 Å². The molecule has 35 heavy (non-hydrogen) atoms. The number of benzene rings is 1. The number of hydrogen-bond donors (Lipinski definition) is 1. The summed E-state index contributed by atoms with van der Waals surface area (Å²) in [6, 6.07) is 12.1. The molecule has 1 fully saturated rings. The van der Waals surface area contributed by atoms with E-state index >= 15 is 0 Å². The number of hydrogen-bond acceptors (Lipinski definition) is 8. The van der Waals surface area contributed by atoms with Gasteiger partial charge in [0.2, 0.25) is 11.9 Å². The zero-order valence-corrected chi connectivity index (χ0v) is 19.2. The van der Waals surface area contributed by atoms with E-state index < -0.39 is 0 Å². The summed E-state index contributed by atoms with van der Waals surface area (Å²) in [4.78, 5) is 25.6. The van der Waals surface area contributed by atoms with Crippen LogP contribution in [0.1, 0.15) is 24.2 Å². The predicted octanol–water partition coefficient (Wildman–Crippen LogP) is 4.15. The summed E-state index contributed by atoms with van der Waals surface area (Å²) < 4.78 is 7.68. The van der Waals surface area contributed by atoms with Crippen LogP contribution < -0.4 is 10.2 Å². The molecule has 7 rings (SSSR count). The van der Waals surface area contributed by atoms with Crippen LogP contribution in [0.3, 0.4) is 0 Å². The first-order chi connectivity index (χ1) is 17.3. The maximum Gasteiger partial charge on any atom is 0.227 e. The van der Waals surface area contributed by atoms with Gasteiger partial charge in [0.15, 0.2) is 0 Å². The lowest BCUT2D eigenvalue weighted by molar-refractivity contribution is 0.106. The summed E-state index contributed by atoms with van der Waals surface area (Å²) in [7, 11) is 0. The van der Waals surface area contributed by atoms with Crippen molar-refractivity contribution in [2.45, 2.75) is 25.9 Å². The van der Waals surface area contributed by atoms with Gasteiger partial charge in [0.05, 0.1) is 35.8 Å². The quantitative estimate of drug-likeness (QED) is 0.424. The van der Waals surface area contributed by atoms with E-state index in [1.807, 2.05) is 36.7 Å². The normalized spacial score (nSPS) is 15.6. The highest BCUT2D eigenvalue weighted by molar-refractivity contribution is 5.84. The van der Waals surface area contributed by atoms with Crippen molar-refractivity contribution < 1.29 is 4.74 Å². The van der Waals surface area contributed by atoms with Crippen molar-refractivity contribution in [2.24, 2.45) is 0 Å². The lowest BCUT2D eigenvalue weighted by atomic mass is 10.1. The van der Waals surface area contributed by atoms with Crippen LogP contribution >= 0.6 is 0 Å². The van der Waals surface area contributed by atoms with Gasteiger partial charge in [-0.05, 0) is 37.1 Å². The first kappa shape index (κ1) is 20.3. The second kappa shape index (κ2) is 8.28. The largest absolute Gasteiger partial charge is 0.375 e. The topological polar surface area (TPSA) is 93.4 Å². The van der Waals surface area contributed by atoms with Gasteiger partial charge < -0.3 is 19.4 Å². The number of aromatic nitrogens is 6. The zero-order valence-electron chi connectivity index (χ0n) is 19.2. The Hall–Kier alpha value is -4.11. The molecule has 1 N–H and O–H groups in total. The summed E-state index contributed by atoms with van der Waals surface area (Å²) in [5, 5.41) is 4.32. The Balaban J connectivity index is 1.16. The molecule has 2 aliphatic rings. The number of pyridine rings is 1. The first-order valence-electron chi connectivity index (χ1n) is 12.0. The Labute approximate surface area is 201 Å². The van der Waals surface area contributed by atoms with Crippen LogP contribution in [-0.2, 0) is 17.8 Å². The Kier molecular flexibility index (Phi) is 4.80. The van der Waals surface area contributed by atoms with E-state index in [1.165, 1.54) is 12.8 Å². The maximum atomic E-state index is 5.59. The van der Waals surface area contributed by atoms with Crippen LogP contribution in [0.4, 0.5) is 17.6 Å². The molecule has 0 saturated carbocycles. The third-order valence-electron chi connectivity index (χ3n) is 6.69. The Morgan fingerprint density at radius 3 is 2.83 bits per heavy atom. The molecule has 174 valence electrons. The molecule has 2 aliphatic heterocycles. The van der Waals surface area contributed by atoms with Gasteiger partial charge in [-0.3, -0.25) is 0 Å². The summed E-state index contributed by atoms with van der Waals surface area (Å²) in [6.07, 6.45) is 8.95. The number of nitrogens with zero attached hydrogens (tertiary/aromatic N) is 7. The van der Waals surface area contributed by atoms with Gasteiger partial charge in [-0.2, -0.15) is 0 Å². The molecule has 1 saturated heterocycles. The second-order valence-electron chi connectivity index (χ2n) is 8.98. The van der Waals surface area contributed by atoms with Crippen molar-refractivity contribution in [1.29, 1.82) is 0 Å². The average molecular weight is 465 g/mol. The van der Waals surface area contributed by atoms with Gasteiger partial charge in [-0.15, -0.1) is 0 Å². The minimum atomic E-state index is 0.534. The fourth-order valence-electron chi connectivity index (χ4n) is 4.87. The van der Waals surface area contributed by atoms with Crippen molar-refractivity contribution >= 4 is 34.1 Å². The SMILES string of the molecule is c1cc(-c2ccc3nc(N4CCCC4)ncc3c2)nc(Nc2ccn3c4c(nc3c2)CCOC4)n1. The highest BCUT2D eigenvalue weighted by atomic mass is 16.5. The van der Waals surface area contributed by atoms with Crippen LogP contribution in [0.25, 0.3) is 27.8 Å². The van der Waals surface area contributed by atoms with Crippen molar-refractivity contribution in [2.75, 3.05) is 29.9 Å². The van der Waals surface area contributed by atoms with Crippen molar-refractivity contribution in [3.8, 4) is 11.3 Å². The molecular weight excluding hydrogens is 440 g/mol. The zero-order chi connectivity index (χ0) is 23.2. The van der Waals surface area contributed by atoms with E-state index in [0.29, 0.717) is 12.6 Å². The molecular formula is C26H24N8O. The Bertz CT molecular complexity index is 1560. The fourth-order valence-corrected chi connectivity index (χ4v) is 4.87. The number of anilines is 3. The monoisotopic (exact) mass is 464 g/mol. The number of nitrogens with one attached hydrogen (secondary N) is 1. The third-order valence-corrected chi connectivity index (χ3v) is 6.69. The number of ether oxygens (including phenoxy) is 1. The minimum absolute atomic E-state index is 0.534. The van der Waals surface area contributed by atoms with Crippen molar-refractivity contribution in [3.05, 3.63) is 66.4 Å². The van der Waals surface area contributed by atoms with E-state index in [9.17, 15) is 0 Å². The molecule has 0 spiro atoms. The molecule has 4 aromatic heterocycles. The van der Waals surface area contributed by atoms with E-state index in [1.54, 1.807) is 6.20 Å². The van der Waals surface area contributed by atoms with E-state index in [-0.39, 0.29) is 0 Å². The second-order valence-corrected chi connectivity index (χ2v) is 8.98. The minimum Gasteiger partial charge on any atom is -0.375 e. The van der Waals surface area contributed by atoms with Crippen LogP contribution in [0.2, 0.25) is 0 Å². The van der Waals surface area contributed by atoms with Gasteiger partial charge in [-0.1, -0.05) is 6.07 Å². The molecule has 0 atom stereocenters. The van der Waals surface area contributed by atoms with Crippen molar-refractivity contribution in [3.63, 3.8) is 0 Å². The molecule has 1 aromatic carbocycles. The predicted molar refractivity (Wildman–Crippen MR) is 134 cm³/mol. The lowest BCUT2D eigenvalue weighted by Crippen LogP contribution is -2.20. The van der Waals surface area contributed by atoms with Gasteiger partial charge in [-0.25, -0.2) is 24.9 Å². The van der Waals surface area contributed by atoms with E-state index in [0.717, 1.165) is 76.9 Å². The number of rotatable bonds is 4. The molecule has 0 amide bonds. The molecule has 0 unspecified atom stereocenters. The molecule has 5 aromatic rings. The van der Waals surface area contributed by atoms with Crippen LogP contribution in [-0.4, -0.2) is 49.0 Å². The Morgan fingerprint density at radius 2 is 1.89 bits per heavy atom. The third kappa shape index (κ3) is 3.74. The van der Waals surface area contributed by atoms with Gasteiger partial charge in [0.25, 0.3) is 0 Å². The van der Waals surface area contributed by atoms with E-state index in [4.69, 9.17) is 19.7 Å². The lowest BCUT2D eigenvalue weighted by Gasteiger charge is -2.15. The van der Waals surface area contributed by atoms with Gasteiger partial charge >= 0.3 is 0 Å². The van der Waals surface area contributed by atoms with Crippen LogP contribution in [0.5, 0.6) is 0 Å². The number of imidazole rings is 1. The summed E-state index contributed by atoms with van der Waals surface area (Å²) in [5.41, 5.74) is 6.80. The van der Waals surface area contributed by atoms with Crippen LogP contribution in [0.15, 0.2) is 55.0 Å². The number of fused-ring (bicyclic) bond motifs is 4. The summed E-state index contributed by atoms with van der Waals surface area (Å²) in [5.74, 6) is 1.35. The van der Waals surface area contributed by atoms with Gasteiger partial charge in [0.1, 0.15) is 5.65 Å². The standard InChI is InChI=1S/C26H24N8O/c1-2-10-33(9-1)26-28-15-18-13-17(3-4-20(18)32-26)21-5-8-27-25(31-21)29-19-6-11-34-23-16-35-12-7-22(23)30-24(34)14-19/h3-6,8,11,13-15H,1-2,7,9-10,12,16H2,(H,27,29,31). The van der Waals surface area contributed by atoms with Gasteiger partial charge in [0, 0.05) is 60.8 Å². The highest BCUT2D eigenvalue weighted by Gasteiger charge is 2.17. The highest BCUT2D eigenvalue weighted by Crippen LogP contribution is 2.26. The molecule has 9 heteroatoms. The molecule has 0 bridgehead atoms.